The highest BCUT2D eigenvalue weighted by molar-refractivity contribution is 5.81. The van der Waals surface area contributed by atoms with Crippen LogP contribution in [0.5, 0.6) is 0 Å². The fourth-order valence-corrected chi connectivity index (χ4v) is 2.29. The highest BCUT2D eigenvalue weighted by Gasteiger charge is 2.23. The second-order valence-electron chi connectivity index (χ2n) is 5.14. The Morgan fingerprint density at radius 3 is 2.79 bits per heavy atom. The van der Waals surface area contributed by atoms with Gasteiger partial charge in [-0.1, -0.05) is 0 Å². The first-order valence-electron chi connectivity index (χ1n) is 6.89. The van der Waals surface area contributed by atoms with Gasteiger partial charge in [0.25, 0.3) is 0 Å². The van der Waals surface area contributed by atoms with Crippen LogP contribution in [0.25, 0.3) is 0 Å². The third-order valence-electron chi connectivity index (χ3n) is 3.72. The fraction of sp³-hybridized carbons (Fsp3) is 0.643. The van der Waals surface area contributed by atoms with Gasteiger partial charge in [0.15, 0.2) is 0 Å². The third-order valence-corrected chi connectivity index (χ3v) is 3.72. The van der Waals surface area contributed by atoms with E-state index in [0.29, 0.717) is 6.54 Å². The molecule has 2 rings (SSSR count). The van der Waals surface area contributed by atoms with Crippen molar-refractivity contribution < 1.29 is 9.21 Å². The fourth-order valence-electron chi connectivity index (χ4n) is 2.29. The molecule has 1 aromatic rings. The molecule has 5 heteroatoms. The van der Waals surface area contributed by atoms with Crippen LogP contribution in [0.3, 0.4) is 0 Å². The summed E-state index contributed by atoms with van der Waals surface area (Å²) in [5, 5.41) is 2.98. The summed E-state index contributed by atoms with van der Waals surface area (Å²) < 4.78 is 5.24. The quantitative estimate of drug-likeness (QED) is 0.846. The van der Waals surface area contributed by atoms with E-state index in [1.54, 1.807) is 6.26 Å². The van der Waals surface area contributed by atoms with Gasteiger partial charge in [-0.3, -0.25) is 9.69 Å². The van der Waals surface area contributed by atoms with E-state index in [1.165, 1.54) is 0 Å². The molecule has 0 aromatic carbocycles. The van der Waals surface area contributed by atoms with Gasteiger partial charge in [0.1, 0.15) is 5.76 Å². The van der Waals surface area contributed by atoms with Gasteiger partial charge in [0, 0.05) is 39.1 Å². The number of piperazine rings is 1. The van der Waals surface area contributed by atoms with Crippen molar-refractivity contribution in [2.75, 3.05) is 39.8 Å². The summed E-state index contributed by atoms with van der Waals surface area (Å²) in [6, 6.07) is 3.74. The van der Waals surface area contributed by atoms with Crippen LogP contribution in [0.15, 0.2) is 22.8 Å². The Bertz CT molecular complexity index is 383. The van der Waals surface area contributed by atoms with Gasteiger partial charge in [0.05, 0.1) is 12.3 Å². The Morgan fingerprint density at radius 2 is 2.16 bits per heavy atom. The maximum atomic E-state index is 12.1. The number of hydrogen-bond donors (Lipinski definition) is 1. The normalized spacial score (nSPS) is 19.3. The number of nitrogens with one attached hydrogen (secondary N) is 1. The molecule has 0 aliphatic carbocycles. The minimum absolute atomic E-state index is 0.0506. The minimum atomic E-state index is -0.0506. The van der Waals surface area contributed by atoms with Crippen LogP contribution in [0.4, 0.5) is 0 Å². The van der Waals surface area contributed by atoms with Crippen molar-refractivity contribution in [3.8, 4) is 0 Å². The standard InChI is InChI=1S/C14H23N3O2/c1-12(17-9-7-16(2)8-10-17)14(18)15-6-5-13-4-3-11-19-13/h3-4,11-12H,5-10H2,1-2H3,(H,15,18)/t12-/m0/s1. The van der Waals surface area contributed by atoms with Crippen LogP contribution in [0.1, 0.15) is 12.7 Å². The monoisotopic (exact) mass is 265 g/mol. The number of hydrogen-bond acceptors (Lipinski definition) is 4. The molecule has 1 saturated heterocycles. The Morgan fingerprint density at radius 1 is 1.42 bits per heavy atom. The Balaban J connectivity index is 1.70. The lowest BCUT2D eigenvalue weighted by atomic mass is 10.2. The zero-order valence-electron chi connectivity index (χ0n) is 11.8. The van der Waals surface area contributed by atoms with E-state index in [1.807, 2.05) is 19.1 Å². The second-order valence-corrected chi connectivity index (χ2v) is 5.14. The van der Waals surface area contributed by atoms with Crippen molar-refractivity contribution in [1.29, 1.82) is 0 Å². The summed E-state index contributed by atoms with van der Waals surface area (Å²) in [7, 11) is 2.12. The molecular formula is C14H23N3O2. The average Bonchev–Trinajstić information content (AvgIpc) is 2.92. The molecule has 1 amide bonds. The molecule has 1 aromatic heterocycles. The van der Waals surface area contributed by atoms with Gasteiger partial charge >= 0.3 is 0 Å². The predicted octanol–water partition coefficient (Wildman–Crippen LogP) is 0.574. The zero-order valence-corrected chi connectivity index (χ0v) is 11.8. The van der Waals surface area contributed by atoms with E-state index in [2.05, 4.69) is 22.2 Å². The van der Waals surface area contributed by atoms with E-state index >= 15 is 0 Å². The van der Waals surface area contributed by atoms with Crippen LogP contribution >= 0.6 is 0 Å². The smallest absolute Gasteiger partial charge is 0.237 e. The molecule has 1 atom stereocenters. The molecule has 0 saturated carbocycles. The maximum Gasteiger partial charge on any atom is 0.237 e. The molecule has 0 spiro atoms. The molecule has 19 heavy (non-hydrogen) atoms. The van der Waals surface area contributed by atoms with Crippen LogP contribution < -0.4 is 5.32 Å². The molecular weight excluding hydrogens is 242 g/mol. The molecule has 1 N–H and O–H groups in total. The largest absolute Gasteiger partial charge is 0.469 e. The van der Waals surface area contributed by atoms with Crippen LogP contribution in [0.2, 0.25) is 0 Å². The number of carbonyl (C=O) groups excluding carboxylic acids is 1. The maximum absolute atomic E-state index is 12.1. The van der Waals surface area contributed by atoms with E-state index in [-0.39, 0.29) is 11.9 Å². The van der Waals surface area contributed by atoms with Crippen molar-refractivity contribution in [2.24, 2.45) is 0 Å². The lowest BCUT2D eigenvalue weighted by Crippen LogP contribution is -2.53. The highest BCUT2D eigenvalue weighted by atomic mass is 16.3. The first kappa shape index (κ1) is 14.1. The van der Waals surface area contributed by atoms with Gasteiger partial charge < -0.3 is 14.6 Å². The zero-order chi connectivity index (χ0) is 13.7. The molecule has 1 fully saturated rings. The van der Waals surface area contributed by atoms with E-state index < -0.39 is 0 Å². The summed E-state index contributed by atoms with van der Waals surface area (Å²) in [5.74, 6) is 1.02. The number of rotatable bonds is 5. The molecule has 0 unspecified atom stereocenters. The third kappa shape index (κ3) is 4.08. The second kappa shape index (κ2) is 6.73. The molecule has 1 aliphatic heterocycles. The summed E-state index contributed by atoms with van der Waals surface area (Å²) in [5.41, 5.74) is 0. The van der Waals surface area contributed by atoms with Crippen LogP contribution in [-0.2, 0) is 11.2 Å². The van der Waals surface area contributed by atoms with E-state index in [9.17, 15) is 4.79 Å². The SMILES string of the molecule is C[C@@H](C(=O)NCCc1ccco1)N1CCN(C)CC1. The first-order chi connectivity index (χ1) is 9.16. The molecule has 0 bridgehead atoms. The summed E-state index contributed by atoms with van der Waals surface area (Å²) in [4.78, 5) is 16.6. The van der Waals surface area contributed by atoms with Crippen molar-refractivity contribution in [3.63, 3.8) is 0 Å². The van der Waals surface area contributed by atoms with Crippen molar-refractivity contribution in [1.82, 2.24) is 15.1 Å². The Hall–Kier alpha value is -1.33. The summed E-state index contributed by atoms with van der Waals surface area (Å²) >= 11 is 0. The molecule has 106 valence electrons. The van der Waals surface area contributed by atoms with E-state index in [0.717, 1.165) is 38.4 Å². The number of nitrogens with zero attached hydrogens (tertiary/aromatic N) is 2. The number of furan rings is 1. The number of carbonyl (C=O) groups is 1. The number of likely N-dealkylation sites (N-methyl/N-ethyl adjacent to an activating group) is 1. The van der Waals surface area contributed by atoms with Crippen molar-refractivity contribution >= 4 is 5.91 Å². The summed E-state index contributed by atoms with van der Waals surface area (Å²) in [6.45, 7) is 6.60. The van der Waals surface area contributed by atoms with Gasteiger partial charge in [-0.05, 0) is 26.1 Å². The van der Waals surface area contributed by atoms with Gasteiger partial charge in [0.2, 0.25) is 5.91 Å². The van der Waals surface area contributed by atoms with Gasteiger partial charge in [-0.2, -0.15) is 0 Å². The molecule has 0 radical (unpaired) electrons. The lowest BCUT2D eigenvalue weighted by Gasteiger charge is -2.35. The lowest BCUT2D eigenvalue weighted by molar-refractivity contribution is -0.126. The Labute approximate surface area is 114 Å². The minimum Gasteiger partial charge on any atom is -0.469 e. The summed E-state index contributed by atoms with van der Waals surface area (Å²) in [6.07, 6.45) is 2.40. The number of amides is 1. The van der Waals surface area contributed by atoms with Crippen LogP contribution in [-0.4, -0.2) is 61.5 Å². The molecule has 1 aliphatic rings. The predicted molar refractivity (Wildman–Crippen MR) is 74.0 cm³/mol. The van der Waals surface area contributed by atoms with Gasteiger partial charge in [-0.15, -0.1) is 0 Å². The first-order valence-corrected chi connectivity index (χ1v) is 6.89. The Kier molecular flexibility index (Phi) is 4.99. The molecule has 2 heterocycles. The van der Waals surface area contributed by atoms with Gasteiger partial charge in [-0.25, -0.2) is 0 Å². The van der Waals surface area contributed by atoms with Crippen LogP contribution in [0, 0.1) is 0 Å². The van der Waals surface area contributed by atoms with E-state index in [4.69, 9.17) is 4.42 Å². The highest BCUT2D eigenvalue weighted by Crippen LogP contribution is 2.05. The molecule has 5 nitrogen and oxygen atoms in total. The van der Waals surface area contributed by atoms with Crippen molar-refractivity contribution in [2.45, 2.75) is 19.4 Å². The van der Waals surface area contributed by atoms with Crippen molar-refractivity contribution in [3.05, 3.63) is 24.2 Å². The topological polar surface area (TPSA) is 48.7 Å². The average molecular weight is 265 g/mol.